The normalized spacial score (nSPS) is 16.4. The van der Waals surface area contributed by atoms with Gasteiger partial charge in [-0.25, -0.2) is 9.13 Å². The zero-order chi connectivity index (χ0) is 17.4. The molecule has 0 saturated heterocycles. The van der Waals surface area contributed by atoms with Crippen LogP contribution in [0.1, 0.15) is 0 Å². The predicted octanol–water partition coefficient (Wildman–Crippen LogP) is -4.19. The maximum Gasteiger partial charge on any atom is 0.478 e. The van der Waals surface area contributed by atoms with Crippen LogP contribution >= 0.6 is 15.6 Å². The van der Waals surface area contributed by atoms with E-state index < -0.39 is 53.0 Å². The zero-order valence-electron chi connectivity index (χ0n) is 10.2. The van der Waals surface area contributed by atoms with Gasteiger partial charge in [-0.3, -0.25) is 4.79 Å². The molecule has 0 aromatic carbocycles. The molecule has 3 unspecified atom stereocenters. The minimum absolute atomic E-state index is 0.767. The molecule has 0 aromatic heterocycles. The highest BCUT2D eigenvalue weighted by molar-refractivity contribution is 7.60. The zero-order valence-corrected chi connectivity index (χ0v) is 12.0. The van der Waals surface area contributed by atoms with Crippen molar-refractivity contribution in [1.29, 1.82) is 0 Å². The summed E-state index contributed by atoms with van der Waals surface area (Å²) < 4.78 is 22.2. The molecule has 0 aromatic rings. The molecule has 13 nitrogen and oxygen atoms in total. The molecule has 128 valence electrons. The van der Waals surface area contributed by atoms with Crippen molar-refractivity contribution in [2.45, 2.75) is 18.3 Å². The van der Waals surface area contributed by atoms with Crippen molar-refractivity contribution in [2.75, 3.05) is 13.2 Å². The number of hydrogen-bond acceptors (Lipinski definition) is 9. The number of aliphatic hydroxyl groups is 5. The van der Waals surface area contributed by atoms with Crippen molar-refractivity contribution in [3.63, 3.8) is 0 Å². The van der Waals surface area contributed by atoms with Crippen LogP contribution in [0.5, 0.6) is 0 Å². The fourth-order valence-corrected chi connectivity index (χ4v) is 1.85. The maximum absolute atomic E-state index is 10.5. The van der Waals surface area contributed by atoms with Crippen LogP contribution in [0.25, 0.3) is 0 Å². The first-order chi connectivity index (χ1) is 9.25. The van der Waals surface area contributed by atoms with Crippen LogP contribution in [0, 0.1) is 0 Å². The summed E-state index contributed by atoms with van der Waals surface area (Å²) in [5, 5.41) is 43.1. The lowest BCUT2D eigenvalue weighted by Crippen LogP contribution is -2.44. The minimum Gasteiger partial charge on any atom is -0.394 e. The van der Waals surface area contributed by atoms with Gasteiger partial charge >= 0.3 is 15.6 Å². The molecule has 15 heteroatoms. The monoisotopic (exact) mass is 358 g/mol. The molecule has 0 rings (SSSR count). The smallest absolute Gasteiger partial charge is 0.394 e. The summed E-state index contributed by atoms with van der Waals surface area (Å²) in [4.78, 5) is 41.5. The third kappa shape index (κ3) is 13.1. The highest BCUT2D eigenvalue weighted by Gasteiger charge is 2.29. The molecule has 0 aliphatic carbocycles. The SMILES string of the molecule is O=C(CO)C(O)C(O)C(O)CO.O=P(O)(O)OP(=O)(O)O. The maximum atomic E-state index is 10.5. The van der Waals surface area contributed by atoms with Gasteiger partial charge in [0.1, 0.15) is 24.9 Å². The molecule has 21 heavy (non-hydrogen) atoms. The third-order valence-corrected chi connectivity index (χ3v) is 3.31. The lowest BCUT2D eigenvalue weighted by atomic mass is 10.1. The number of hydrogen-bond donors (Lipinski definition) is 9. The van der Waals surface area contributed by atoms with E-state index in [4.69, 9.17) is 45.1 Å². The molecule has 0 amide bonds. The molecule has 0 heterocycles. The summed E-state index contributed by atoms with van der Waals surface area (Å²) in [7, 11) is -10.1. The first-order valence-electron chi connectivity index (χ1n) is 4.86. The van der Waals surface area contributed by atoms with Gasteiger partial charge in [0.25, 0.3) is 0 Å². The molecule has 0 spiro atoms. The Labute approximate surface area is 117 Å². The van der Waals surface area contributed by atoms with E-state index in [9.17, 15) is 13.9 Å². The number of ketones is 1. The molecule has 0 saturated carbocycles. The van der Waals surface area contributed by atoms with E-state index in [0.717, 1.165) is 0 Å². The van der Waals surface area contributed by atoms with Gasteiger partial charge in [0.15, 0.2) is 5.78 Å². The summed E-state index contributed by atoms with van der Waals surface area (Å²) in [6.07, 6.45) is -5.22. The number of phosphoric acid groups is 2. The average Bonchev–Trinajstić information content (AvgIpc) is 2.31. The van der Waals surface area contributed by atoms with Gasteiger partial charge in [0.2, 0.25) is 0 Å². The van der Waals surface area contributed by atoms with Gasteiger partial charge in [-0.1, -0.05) is 0 Å². The second-order valence-corrected chi connectivity index (χ2v) is 5.99. The van der Waals surface area contributed by atoms with Gasteiger partial charge in [0.05, 0.1) is 6.61 Å². The summed E-state index contributed by atoms with van der Waals surface area (Å²) in [5.41, 5.74) is 0. The quantitative estimate of drug-likeness (QED) is 0.196. The van der Waals surface area contributed by atoms with Crippen molar-refractivity contribution in [2.24, 2.45) is 0 Å². The molecule has 0 fully saturated rings. The Bertz CT molecular complexity index is 377. The van der Waals surface area contributed by atoms with Crippen LogP contribution in [0.2, 0.25) is 0 Å². The van der Waals surface area contributed by atoms with E-state index >= 15 is 0 Å². The topological polar surface area (TPSA) is 243 Å². The average molecular weight is 358 g/mol. The summed E-state index contributed by atoms with van der Waals surface area (Å²) in [6, 6.07) is 0. The van der Waals surface area contributed by atoms with Gasteiger partial charge in [0, 0.05) is 0 Å². The summed E-state index contributed by atoms with van der Waals surface area (Å²) in [6.45, 7) is -1.69. The standard InChI is InChI=1S/C6H12O6.H4O7P2/c7-1-3(9)5(11)6(12)4(10)2-8;1-8(2,3)7-9(4,5)6/h3,5-9,11-12H,1-2H2;(H2,1,2,3)(H2,4,5,6). The van der Waals surface area contributed by atoms with Gasteiger partial charge in [-0.05, 0) is 0 Å². The first-order valence-corrected chi connectivity index (χ1v) is 7.92. The molecular formula is C6H16O13P2. The largest absolute Gasteiger partial charge is 0.478 e. The summed E-state index contributed by atoms with van der Waals surface area (Å²) in [5.74, 6) is -1.00. The Balaban J connectivity index is 0. The molecular weight excluding hydrogens is 342 g/mol. The molecule has 3 atom stereocenters. The van der Waals surface area contributed by atoms with Crippen LogP contribution < -0.4 is 0 Å². The van der Waals surface area contributed by atoms with Crippen LogP contribution in [0.4, 0.5) is 0 Å². The second kappa shape index (κ2) is 9.69. The molecule has 9 N–H and O–H groups in total. The lowest BCUT2D eigenvalue weighted by molar-refractivity contribution is -0.142. The number of rotatable bonds is 7. The van der Waals surface area contributed by atoms with Gasteiger partial charge < -0.3 is 45.1 Å². The Kier molecular flexibility index (Phi) is 10.6. The Morgan fingerprint density at radius 3 is 1.52 bits per heavy atom. The van der Waals surface area contributed by atoms with Gasteiger partial charge in [-0.15, -0.1) is 0 Å². The fraction of sp³-hybridized carbons (Fsp3) is 0.833. The number of aliphatic hydroxyl groups excluding tert-OH is 5. The van der Waals surface area contributed by atoms with Crippen molar-refractivity contribution in [3.05, 3.63) is 0 Å². The Morgan fingerprint density at radius 2 is 1.33 bits per heavy atom. The summed E-state index contributed by atoms with van der Waals surface area (Å²) >= 11 is 0. The highest BCUT2D eigenvalue weighted by Crippen LogP contribution is 2.53. The minimum atomic E-state index is -5.05. The number of carbonyl (C=O) groups excluding carboxylic acids is 1. The lowest BCUT2D eigenvalue weighted by Gasteiger charge is -2.19. The van der Waals surface area contributed by atoms with E-state index in [2.05, 4.69) is 4.31 Å². The van der Waals surface area contributed by atoms with Crippen LogP contribution in [-0.4, -0.2) is 82.4 Å². The van der Waals surface area contributed by atoms with Crippen LogP contribution in [-0.2, 0) is 18.2 Å². The molecule has 0 bridgehead atoms. The predicted molar refractivity (Wildman–Crippen MR) is 62.4 cm³/mol. The van der Waals surface area contributed by atoms with Crippen LogP contribution in [0.15, 0.2) is 0 Å². The van der Waals surface area contributed by atoms with Crippen molar-refractivity contribution >= 4 is 21.4 Å². The van der Waals surface area contributed by atoms with Crippen molar-refractivity contribution in [3.8, 4) is 0 Å². The van der Waals surface area contributed by atoms with Crippen molar-refractivity contribution < 1.29 is 63.3 Å². The van der Waals surface area contributed by atoms with E-state index in [1.54, 1.807) is 0 Å². The fourth-order valence-electron chi connectivity index (χ4n) is 0.741. The van der Waals surface area contributed by atoms with Crippen LogP contribution in [0.3, 0.4) is 0 Å². The van der Waals surface area contributed by atoms with Crippen molar-refractivity contribution in [1.82, 2.24) is 0 Å². The second-order valence-electron chi connectivity index (χ2n) is 3.37. The Hall–Kier alpha value is -0.270. The first kappa shape index (κ1) is 23.0. The molecule has 0 radical (unpaired) electrons. The highest BCUT2D eigenvalue weighted by atomic mass is 31.3. The third-order valence-electron chi connectivity index (χ3n) is 1.60. The van der Waals surface area contributed by atoms with Gasteiger partial charge in [-0.2, -0.15) is 4.31 Å². The number of Topliss-reactive ketones (excluding diaryl/α,β-unsaturated/α-hetero) is 1. The van der Waals surface area contributed by atoms with E-state index in [-0.39, 0.29) is 0 Å². The van der Waals surface area contributed by atoms with E-state index in [1.807, 2.05) is 0 Å². The van der Waals surface area contributed by atoms with E-state index in [1.165, 1.54) is 0 Å². The molecule has 0 aliphatic heterocycles. The number of carbonyl (C=O) groups is 1. The van der Waals surface area contributed by atoms with E-state index in [0.29, 0.717) is 0 Å². The molecule has 0 aliphatic rings. The Morgan fingerprint density at radius 1 is 0.952 bits per heavy atom.